The third-order valence-corrected chi connectivity index (χ3v) is 3.77. The quantitative estimate of drug-likeness (QED) is 0.539. The van der Waals surface area contributed by atoms with Crippen LogP contribution in [0.5, 0.6) is 0 Å². The number of carboxylic acids is 1. The summed E-state index contributed by atoms with van der Waals surface area (Å²) >= 11 is 0. The van der Waals surface area contributed by atoms with Crippen LogP contribution in [0.15, 0.2) is 48.5 Å². The number of hydrogen-bond donors (Lipinski definition) is 1. The van der Waals surface area contributed by atoms with Crippen molar-refractivity contribution in [3.05, 3.63) is 54.1 Å². The molecule has 0 spiro atoms. The molecule has 0 aliphatic heterocycles. The second-order valence-corrected chi connectivity index (χ2v) is 4.97. The number of pyridine rings is 1. The standard InChI is InChI=1S/C17H15NO2.ClH/c1-18-15-8-4-2-6-13(15)12(10-11-17(19)20)14-7-3-5-9-16(14)18;/h2-9H,10-11H2,1H3;1H. The van der Waals surface area contributed by atoms with Gasteiger partial charge in [-0.3, -0.25) is 4.79 Å². The van der Waals surface area contributed by atoms with Gasteiger partial charge in [-0.05, 0) is 24.1 Å². The summed E-state index contributed by atoms with van der Waals surface area (Å²) in [6, 6.07) is 16.3. The zero-order valence-electron chi connectivity index (χ0n) is 11.7. The molecule has 21 heavy (non-hydrogen) atoms. The number of carboxylic acid groups (broad SMARTS) is 1. The molecule has 0 saturated heterocycles. The predicted molar refractivity (Wildman–Crippen MR) is 78.6 cm³/mol. The molecule has 1 aromatic heterocycles. The molecule has 3 rings (SSSR count). The molecule has 4 heteroatoms. The van der Waals surface area contributed by atoms with Gasteiger partial charge in [0.15, 0.2) is 0 Å². The summed E-state index contributed by atoms with van der Waals surface area (Å²) in [5, 5.41) is 11.2. The van der Waals surface area contributed by atoms with Crippen molar-refractivity contribution >= 4 is 27.8 Å². The zero-order valence-corrected chi connectivity index (χ0v) is 12.5. The van der Waals surface area contributed by atoms with Crippen molar-refractivity contribution in [2.45, 2.75) is 12.8 Å². The molecule has 108 valence electrons. The van der Waals surface area contributed by atoms with Crippen LogP contribution in [0.25, 0.3) is 21.8 Å². The van der Waals surface area contributed by atoms with Gasteiger partial charge in [0.25, 0.3) is 0 Å². The fourth-order valence-corrected chi connectivity index (χ4v) is 2.82. The number of aromatic nitrogens is 1. The Bertz CT molecular complexity index is 757. The number of aryl methyl sites for hydroxylation is 2. The van der Waals surface area contributed by atoms with Crippen LogP contribution in [-0.2, 0) is 18.3 Å². The van der Waals surface area contributed by atoms with Crippen LogP contribution in [-0.4, -0.2) is 11.1 Å². The topological polar surface area (TPSA) is 41.2 Å². The number of halogens is 1. The first-order valence-electron chi connectivity index (χ1n) is 6.68. The van der Waals surface area contributed by atoms with Gasteiger partial charge in [0.05, 0.1) is 10.8 Å². The van der Waals surface area contributed by atoms with Gasteiger partial charge < -0.3 is 17.5 Å². The minimum Gasteiger partial charge on any atom is -1.00 e. The number of carbonyl (C=O) groups is 1. The van der Waals surface area contributed by atoms with Crippen LogP contribution in [0.1, 0.15) is 12.0 Å². The molecule has 1 heterocycles. The number of fused-ring (bicyclic) bond motifs is 2. The van der Waals surface area contributed by atoms with Crippen molar-refractivity contribution in [1.29, 1.82) is 0 Å². The van der Waals surface area contributed by atoms with E-state index in [0.717, 1.165) is 27.4 Å². The van der Waals surface area contributed by atoms with Crippen molar-refractivity contribution < 1.29 is 26.9 Å². The first-order valence-corrected chi connectivity index (χ1v) is 6.68. The van der Waals surface area contributed by atoms with E-state index in [9.17, 15) is 4.79 Å². The molecule has 0 aliphatic rings. The van der Waals surface area contributed by atoms with Gasteiger partial charge in [-0.1, -0.05) is 24.3 Å². The van der Waals surface area contributed by atoms with Gasteiger partial charge in [0.1, 0.15) is 7.05 Å². The Morgan fingerprint density at radius 2 is 1.48 bits per heavy atom. The smallest absolute Gasteiger partial charge is 0.303 e. The predicted octanol–water partition coefficient (Wildman–Crippen LogP) is -0.161. The SMILES string of the molecule is C[n+]1c2ccccc2c(CCC(=O)O)c2ccccc21.[Cl-]. The van der Waals surface area contributed by atoms with Crippen LogP contribution in [0.2, 0.25) is 0 Å². The minimum absolute atomic E-state index is 0. The molecule has 0 saturated carbocycles. The second kappa shape index (κ2) is 6.10. The summed E-state index contributed by atoms with van der Waals surface area (Å²) in [4.78, 5) is 10.9. The third-order valence-electron chi connectivity index (χ3n) is 3.77. The van der Waals surface area contributed by atoms with Crippen molar-refractivity contribution in [2.75, 3.05) is 0 Å². The molecule has 1 N–H and O–H groups in total. The van der Waals surface area contributed by atoms with Gasteiger partial charge >= 0.3 is 5.97 Å². The fraction of sp³-hybridized carbons (Fsp3) is 0.176. The van der Waals surface area contributed by atoms with Crippen molar-refractivity contribution in [3.8, 4) is 0 Å². The van der Waals surface area contributed by atoms with Crippen molar-refractivity contribution in [3.63, 3.8) is 0 Å². The minimum atomic E-state index is -0.758. The van der Waals surface area contributed by atoms with Gasteiger partial charge in [-0.25, -0.2) is 0 Å². The third kappa shape index (κ3) is 2.69. The van der Waals surface area contributed by atoms with E-state index < -0.39 is 5.97 Å². The Hall–Kier alpha value is -2.13. The maximum absolute atomic E-state index is 10.9. The Morgan fingerprint density at radius 1 is 1.00 bits per heavy atom. The lowest BCUT2D eigenvalue weighted by Crippen LogP contribution is -3.00. The molecular weight excluding hydrogens is 286 g/mol. The Morgan fingerprint density at radius 3 is 1.95 bits per heavy atom. The first-order chi connectivity index (χ1) is 9.68. The molecule has 0 atom stereocenters. The van der Waals surface area contributed by atoms with E-state index in [4.69, 9.17) is 5.11 Å². The molecule has 0 bridgehead atoms. The molecule has 0 fully saturated rings. The molecular formula is C17H16ClNO2. The molecule has 0 radical (unpaired) electrons. The number of nitrogens with zero attached hydrogens (tertiary/aromatic N) is 1. The summed E-state index contributed by atoms with van der Waals surface area (Å²) in [5.74, 6) is -0.758. The lowest BCUT2D eigenvalue weighted by Gasteiger charge is -2.09. The van der Waals surface area contributed by atoms with Crippen LogP contribution in [0.3, 0.4) is 0 Å². The molecule has 2 aromatic carbocycles. The molecule has 0 amide bonds. The highest BCUT2D eigenvalue weighted by atomic mass is 35.5. The number of benzene rings is 2. The van der Waals surface area contributed by atoms with Crippen LogP contribution in [0, 0.1) is 0 Å². The van der Waals surface area contributed by atoms with Crippen LogP contribution < -0.4 is 17.0 Å². The van der Waals surface area contributed by atoms with Gasteiger partial charge in [-0.15, -0.1) is 0 Å². The van der Waals surface area contributed by atoms with Crippen LogP contribution >= 0.6 is 0 Å². The average molecular weight is 302 g/mol. The number of rotatable bonds is 3. The first kappa shape index (κ1) is 15.3. The highest BCUT2D eigenvalue weighted by molar-refractivity contribution is 5.94. The maximum atomic E-state index is 10.9. The van der Waals surface area contributed by atoms with Crippen molar-refractivity contribution in [1.82, 2.24) is 0 Å². The van der Waals surface area contributed by atoms with Gasteiger partial charge in [-0.2, -0.15) is 4.57 Å². The van der Waals surface area contributed by atoms with E-state index in [1.54, 1.807) is 0 Å². The zero-order chi connectivity index (χ0) is 14.1. The number of aliphatic carboxylic acids is 1. The Balaban J connectivity index is 0.00000161. The average Bonchev–Trinajstić information content (AvgIpc) is 2.47. The van der Waals surface area contributed by atoms with E-state index in [0.29, 0.717) is 6.42 Å². The summed E-state index contributed by atoms with van der Waals surface area (Å²) in [6.45, 7) is 0. The maximum Gasteiger partial charge on any atom is 0.303 e. The number of para-hydroxylation sites is 2. The summed E-state index contributed by atoms with van der Waals surface area (Å²) in [7, 11) is 2.05. The van der Waals surface area contributed by atoms with E-state index in [-0.39, 0.29) is 18.8 Å². The Kier molecular flexibility index (Phi) is 4.43. The van der Waals surface area contributed by atoms with Gasteiger partial charge in [0, 0.05) is 18.6 Å². The molecule has 3 nitrogen and oxygen atoms in total. The highest BCUT2D eigenvalue weighted by Gasteiger charge is 2.17. The second-order valence-electron chi connectivity index (χ2n) is 4.97. The molecule has 3 aromatic rings. The van der Waals surface area contributed by atoms with E-state index in [2.05, 4.69) is 28.8 Å². The summed E-state index contributed by atoms with van der Waals surface area (Å²) in [6.07, 6.45) is 0.707. The number of hydrogen-bond acceptors (Lipinski definition) is 1. The summed E-state index contributed by atoms with van der Waals surface area (Å²) < 4.78 is 2.16. The monoisotopic (exact) mass is 301 g/mol. The van der Waals surface area contributed by atoms with Crippen molar-refractivity contribution in [2.24, 2.45) is 7.05 Å². The van der Waals surface area contributed by atoms with Crippen LogP contribution in [0.4, 0.5) is 0 Å². The van der Waals surface area contributed by atoms with E-state index >= 15 is 0 Å². The Labute approximate surface area is 129 Å². The van der Waals surface area contributed by atoms with E-state index in [1.165, 1.54) is 0 Å². The highest BCUT2D eigenvalue weighted by Crippen LogP contribution is 2.25. The lowest BCUT2D eigenvalue weighted by molar-refractivity contribution is -0.617. The summed E-state index contributed by atoms with van der Waals surface area (Å²) in [5.41, 5.74) is 3.38. The largest absolute Gasteiger partial charge is 1.00 e. The lowest BCUT2D eigenvalue weighted by atomic mass is 9.98. The normalized spacial score (nSPS) is 10.5. The van der Waals surface area contributed by atoms with Gasteiger partial charge in [0.2, 0.25) is 11.0 Å². The van der Waals surface area contributed by atoms with E-state index in [1.807, 2.05) is 31.3 Å². The molecule has 0 unspecified atom stereocenters. The fourth-order valence-electron chi connectivity index (χ4n) is 2.82. The molecule has 0 aliphatic carbocycles.